The summed E-state index contributed by atoms with van der Waals surface area (Å²) in [6, 6.07) is 14.7. The summed E-state index contributed by atoms with van der Waals surface area (Å²) in [5, 5.41) is 11.8. The highest BCUT2D eigenvalue weighted by Gasteiger charge is 2.16. The van der Waals surface area contributed by atoms with E-state index in [9.17, 15) is 9.90 Å². The van der Waals surface area contributed by atoms with E-state index in [1.165, 1.54) is 0 Å². The van der Waals surface area contributed by atoms with Crippen LogP contribution in [0.4, 0.5) is 0 Å². The summed E-state index contributed by atoms with van der Waals surface area (Å²) in [7, 11) is 1.63. The predicted octanol–water partition coefficient (Wildman–Crippen LogP) is 3.16. The Morgan fingerprint density at radius 1 is 1.19 bits per heavy atom. The fraction of sp³-hybridized carbons (Fsp3) is 0.391. The predicted molar refractivity (Wildman–Crippen MR) is 121 cm³/mol. The standard InChI is InChI=1S/C23H28ClN3O4/c1-16(17-7-9-18(24)10-8-17)31-15-19(28)13-27(11-12-30-2)14-22-25-21-6-4-3-5-20(21)23(29)26-22/h3-10,16,19,28H,11-15H2,1-2H3,(H,25,26,29)/t16-,19+/m0/s1. The molecule has 0 aliphatic rings. The summed E-state index contributed by atoms with van der Waals surface area (Å²) in [6.45, 7) is 3.92. The Balaban J connectivity index is 1.61. The fourth-order valence-corrected chi connectivity index (χ4v) is 3.44. The van der Waals surface area contributed by atoms with E-state index in [1.807, 2.05) is 54.3 Å². The molecule has 0 spiro atoms. The number of nitrogens with one attached hydrogen (secondary N) is 1. The molecule has 1 aromatic heterocycles. The summed E-state index contributed by atoms with van der Waals surface area (Å²) in [4.78, 5) is 21.7. The Morgan fingerprint density at radius 3 is 2.68 bits per heavy atom. The molecule has 0 radical (unpaired) electrons. The van der Waals surface area contributed by atoms with Crippen LogP contribution in [0.15, 0.2) is 53.3 Å². The molecule has 0 amide bonds. The smallest absolute Gasteiger partial charge is 0.258 e. The molecule has 166 valence electrons. The lowest BCUT2D eigenvalue weighted by Crippen LogP contribution is -2.37. The molecule has 2 N–H and O–H groups in total. The molecule has 7 nitrogen and oxygen atoms in total. The van der Waals surface area contributed by atoms with Crippen LogP contribution in [-0.2, 0) is 16.0 Å². The zero-order valence-electron chi connectivity index (χ0n) is 17.8. The Hall–Kier alpha value is -2.29. The number of aromatic amines is 1. The van der Waals surface area contributed by atoms with Crippen LogP contribution in [0, 0.1) is 0 Å². The highest BCUT2D eigenvalue weighted by Crippen LogP contribution is 2.19. The lowest BCUT2D eigenvalue weighted by molar-refractivity contribution is -0.0192. The number of hydrogen-bond donors (Lipinski definition) is 2. The number of rotatable bonds is 11. The van der Waals surface area contributed by atoms with Crippen LogP contribution in [0.3, 0.4) is 0 Å². The van der Waals surface area contributed by atoms with Crippen LogP contribution in [0.2, 0.25) is 5.02 Å². The number of fused-ring (bicyclic) bond motifs is 1. The van der Waals surface area contributed by atoms with Crippen LogP contribution >= 0.6 is 11.6 Å². The van der Waals surface area contributed by atoms with Crippen molar-refractivity contribution in [3.8, 4) is 0 Å². The molecule has 0 unspecified atom stereocenters. The molecule has 3 rings (SSSR count). The quantitative estimate of drug-likeness (QED) is 0.471. The third-order valence-corrected chi connectivity index (χ3v) is 5.25. The average molecular weight is 446 g/mol. The molecule has 2 atom stereocenters. The van der Waals surface area contributed by atoms with Gasteiger partial charge in [0, 0.05) is 25.2 Å². The van der Waals surface area contributed by atoms with Gasteiger partial charge in [-0.15, -0.1) is 0 Å². The van der Waals surface area contributed by atoms with Gasteiger partial charge in [0.05, 0.1) is 42.9 Å². The molecule has 0 aliphatic heterocycles. The van der Waals surface area contributed by atoms with Gasteiger partial charge in [-0.25, -0.2) is 4.98 Å². The zero-order chi connectivity index (χ0) is 22.2. The number of ether oxygens (including phenoxy) is 2. The number of aliphatic hydroxyl groups excluding tert-OH is 1. The van der Waals surface area contributed by atoms with Crippen molar-refractivity contribution in [3.05, 3.63) is 75.3 Å². The molecular weight excluding hydrogens is 418 g/mol. The third kappa shape index (κ3) is 6.85. The van der Waals surface area contributed by atoms with E-state index < -0.39 is 6.10 Å². The minimum absolute atomic E-state index is 0.169. The Kier molecular flexibility index (Phi) is 8.57. The van der Waals surface area contributed by atoms with Crippen LogP contribution < -0.4 is 5.56 Å². The van der Waals surface area contributed by atoms with Crippen molar-refractivity contribution < 1.29 is 14.6 Å². The van der Waals surface area contributed by atoms with E-state index >= 15 is 0 Å². The Bertz CT molecular complexity index is 1030. The first kappa shape index (κ1) is 23.4. The average Bonchev–Trinajstić information content (AvgIpc) is 2.76. The number of methoxy groups -OCH3 is 1. The largest absolute Gasteiger partial charge is 0.389 e. The summed E-state index contributed by atoms with van der Waals surface area (Å²) < 4.78 is 11.0. The van der Waals surface area contributed by atoms with E-state index in [0.29, 0.717) is 48.0 Å². The second-order valence-corrected chi connectivity index (χ2v) is 7.88. The van der Waals surface area contributed by atoms with Crippen LogP contribution in [0.1, 0.15) is 24.4 Å². The van der Waals surface area contributed by atoms with Gasteiger partial charge in [0.15, 0.2) is 0 Å². The monoisotopic (exact) mass is 445 g/mol. The Labute approximate surface area is 186 Å². The van der Waals surface area contributed by atoms with Crippen molar-refractivity contribution in [2.75, 3.05) is 33.4 Å². The van der Waals surface area contributed by atoms with E-state index in [4.69, 9.17) is 21.1 Å². The summed E-state index contributed by atoms with van der Waals surface area (Å²) in [5.74, 6) is 0.544. The normalized spacial score (nSPS) is 13.6. The van der Waals surface area contributed by atoms with Gasteiger partial charge in [0.2, 0.25) is 0 Å². The zero-order valence-corrected chi connectivity index (χ0v) is 18.5. The van der Waals surface area contributed by atoms with Gasteiger partial charge in [-0.05, 0) is 36.8 Å². The second-order valence-electron chi connectivity index (χ2n) is 7.44. The fourth-order valence-electron chi connectivity index (χ4n) is 3.31. The van der Waals surface area contributed by atoms with Gasteiger partial charge in [0.1, 0.15) is 5.82 Å². The molecule has 1 heterocycles. The number of benzene rings is 2. The van der Waals surface area contributed by atoms with Gasteiger partial charge >= 0.3 is 0 Å². The number of para-hydroxylation sites is 1. The third-order valence-electron chi connectivity index (χ3n) is 4.99. The van der Waals surface area contributed by atoms with Gasteiger partial charge in [-0.3, -0.25) is 9.69 Å². The van der Waals surface area contributed by atoms with Gasteiger partial charge in [-0.1, -0.05) is 35.9 Å². The van der Waals surface area contributed by atoms with Crippen molar-refractivity contribution in [2.24, 2.45) is 0 Å². The van der Waals surface area contributed by atoms with Crippen LogP contribution in [0.5, 0.6) is 0 Å². The number of aromatic nitrogens is 2. The number of halogens is 1. The molecule has 0 fully saturated rings. The molecule has 2 aromatic carbocycles. The van der Waals surface area contributed by atoms with E-state index in [0.717, 1.165) is 5.56 Å². The highest BCUT2D eigenvalue weighted by atomic mass is 35.5. The van der Waals surface area contributed by atoms with E-state index in [2.05, 4.69) is 9.97 Å². The highest BCUT2D eigenvalue weighted by molar-refractivity contribution is 6.30. The molecule has 0 saturated carbocycles. The van der Waals surface area contributed by atoms with Crippen LogP contribution in [-0.4, -0.2) is 59.5 Å². The molecule has 0 bridgehead atoms. The Morgan fingerprint density at radius 2 is 1.94 bits per heavy atom. The SMILES string of the molecule is COCCN(Cc1nc2ccccc2c(=O)[nH]1)C[C@@H](O)CO[C@@H](C)c1ccc(Cl)cc1. The number of nitrogens with zero attached hydrogens (tertiary/aromatic N) is 2. The first-order valence-corrected chi connectivity index (χ1v) is 10.6. The molecule has 0 saturated heterocycles. The van der Waals surface area contributed by atoms with E-state index in [-0.39, 0.29) is 18.3 Å². The molecule has 31 heavy (non-hydrogen) atoms. The van der Waals surface area contributed by atoms with Crippen molar-refractivity contribution in [1.29, 1.82) is 0 Å². The maximum absolute atomic E-state index is 12.3. The first-order chi connectivity index (χ1) is 15.0. The lowest BCUT2D eigenvalue weighted by atomic mass is 10.1. The maximum atomic E-state index is 12.3. The van der Waals surface area contributed by atoms with Crippen LogP contribution in [0.25, 0.3) is 10.9 Å². The van der Waals surface area contributed by atoms with Crippen molar-refractivity contribution in [3.63, 3.8) is 0 Å². The van der Waals surface area contributed by atoms with Crippen molar-refractivity contribution >= 4 is 22.5 Å². The second kappa shape index (κ2) is 11.4. The van der Waals surface area contributed by atoms with Gasteiger partial charge in [0.25, 0.3) is 5.56 Å². The number of H-pyrrole nitrogens is 1. The molecular formula is C23H28ClN3O4. The summed E-state index contributed by atoms with van der Waals surface area (Å²) >= 11 is 5.93. The summed E-state index contributed by atoms with van der Waals surface area (Å²) in [5.41, 5.74) is 1.47. The first-order valence-electron chi connectivity index (χ1n) is 10.2. The minimum Gasteiger partial charge on any atom is -0.389 e. The molecule has 0 aliphatic carbocycles. The van der Waals surface area contributed by atoms with Gasteiger partial charge < -0.3 is 19.6 Å². The number of hydrogen-bond acceptors (Lipinski definition) is 6. The summed E-state index contributed by atoms with van der Waals surface area (Å²) in [6.07, 6.45) is -0.878. The minimum atomic E-state index is -0.709. The van der Waals surface area contributed by atoms with Crippen molar-refractivity contribution in [2.45, 2.75) is 25.7 Å². The maximum Gasteiger partial charge on any atom is 0.258 e. The van der Waals surface area contributed by atoms with Crippen molar-refractivity contribution in [1.82, 2.24) is 14.9 Å². The lowest BCUT2D eigenvalue weighted by Gasteiger charge is -2.25. The van der Waals surface area contributed by atoms with E-state index in [1.54, 1.807) is 13.2 Å². The number of aliphatic hydroxyl groups is 1. The van der Waals surface area contributed by atoms with Gasteiger partial charge in [-0.2, -0.15) is 0 Å². The molecule has 8 heteroatoms. The topological polar surface area (TPSA) is 87.7 Å². The molecule has 3 aromatic rings.